The smallest absolute Gasteiger partial charge is 0.0730 e. The quantitative estimate of drug-likeness (QED) is 0.560. The number of hydrogen-bond donors (Lipinski definition) is 0. The molecule has 0 atom stereocenters. The fraction of sp³-hybridized carbons (Fsp3) is 0. The van der Waals surface area contributed by atoms with E-state index in [-0.39, 0.29) is 0 Å². The summed E-state index contributed by atoms with van der Waals surface area (Å²) < 4.78 is 3.30. The summed E-state index contributed by atoms with van der Waals surface area (Å²) in [5.74, 6) is 0. The molecule has 0 saturated carbocycles. The first-order valence-electron chi connectivity index (χ1n) is 6.68. The predicted octanol–water partition coefficient (Wildman–Crippen LogP) is 4.95. The first-order chi connectivity index (χ1) is 10.3. The number of nitrogens with zero attached hydrogens (tertiary/aromatic N) is 2. The van der Waals surface area contributed by atoms with Gasteiger partial charge in [0.2, 0.25) is 0 Å². The number of halogens is 1. The minimum atomic E-state index is 1.07. The van der Waals surface area contributed by atoms with Crippen LogP contribution in [0.1, 0.15) is 11.3 Å². The second-order valence-electron chi connectivity index (χ2n) is 4.85. The summed E-state index contributed by atoms with van der Waals surface area (Å²) in [5, 5.41) is 1.20. The van der Waals surface area contributed by atoms with Crippen LogP contribution in [0.15, 0.2) is 69.9 Å². The molecule has 0 fully saturated rings. The van der Waals surface area contributed by atoms with Crippen molar-refractivity contribution in [2.45, 2.75) is 0 Å². The number of para-hydroxylation sites is 1. The highest BCUT2D eigenvalue weighted by Gasteiger charge is 2.16. The lowest BCUT2D eigenvalue weighted by Crippen LogP contribution is -1.99. The van der Waals surface area contributed by atoms with Crippen LogP contribution in [0.4, 0.5) is 0 Å². The molecule has 21 heavy (non-hydrogen) atoms. The second kappa shape index (κ2) is 4.88. The summed E-state index contributed by atoms with van der Waals surface area (Å²) in [6, 6.07) is 16.7. The van der Waals surface area contributed by atoms with Crippen molar-refractivity contribution in [1.29, 1.82) is 0 Å². The zero-order chi connectivity index (χ0) is 14.2. The van der Waals surface area contributed by atoms with E-state index in [9.17, 15) is 0 Å². The van der Waals surface area contributed by atoms with Gasteiger partial charge in [-0.25, -0.2) is 0 Å². The summed E-state index contributed by atoms with van der Waals surface area (Å²) in [6.07, 6.45) is 5.59. The Morgan fingerprint density at radius 2 is 1.90 bits per heavy atom. The summed E-state index contributed by atoms with van der Waals surface area (Å²) in [6.45, 7) is 0. The van der Waals surface area contributed by atoms with Gasteiger partial charge in [0.15, 0.2) is 0 Å². The van der Waals surface area contributed by atoms with Crippen molar-refractivity contribution in [2.75, 3.05) is 0 Å². The molecule has 2 heterocycles. The Labute approximate surface area is 130 Å². The van der Waals surface area contributed by atoms with Crippen LogP contribution in [-0.4, -0.2) is 10.8 Å². The molecule has 2 aromatic carbocycles. The topological polar surface area (TPSA) is 17.3 Å². The van der Waals surface area contributed by atoms with Crippen molar-refractivity contribution in [3.8, 4) is 5.69 Å². The number of rotatable bonds is 1. The van der Waals surface area contributed by atoms with Crippen LogP contribution in [0.5, 0.6) is 0 Å². The molecule has 2 nitrogen and oxygen atoms in total. The molecule has 4 rings (SSSR count). The lowest BCUT2D eigenvalue weighted by atomic mass is 10.1. The number of hydrogen-bond acceptors (Lipinski definition) is 1. The number of fused-ring (bicyclic) bond motifs is 3. The summed E-state index contributed by atoms with van der Waals surface area (Å²) >= 11 is 3.57. The van der Waals surface area contributed by atoms with Crippen LogP contribution < -0.4 is 0 Å². The van der Waals surface area contributed by atoms with E-state index in [1.807, 2.05) is 30.5 Å². The van der Waals surface area contributed by atoms with Crippen LogP contribution in [-0.2, 0) is 0 Å². The number of aromatic nitrogens is 1. The van der Waals surface area contributed by atoms with Crippen molar-refractivity contribution in [1.82, 2.24) is 4.57 Å². The Bertz CT molecular complexity index is 927. The number of aliphatic imine (C=N–C) groups is 1. The highest BCUT2D eigenvalue weighted by molar-refractivity contribution is 9.10. The average Bonchev–Trinajstić information content (AvgIpc) is 2.65. The van der Waals surface area contributed by atoms with Gasteiger partial charge in [-0.2, -0.15) is 0 Å². The molecule has 0 unspecified atom stereocenters. The van der Waals surface area contributed by atoms with Gasteiger partial charge >= 0.3 is 0 Å². The van der Waals surface area contributed by atoms with Gasteiger partial charge in [-0.05, 0) is 30.3 Å². The first kappa shape index (κ1) is 12.4. The highest BCUT2D eigenvalue weighted by atomic mass is 79.9. The summed E-state index contributed by atoms with van der Waals surface area (Å²) in [4.78, 5) is 4.29. The van der Waals surface area contributed by atoms with E-state index in [2.05, 4.69) is 61.6 Å². The summed E-state index contributed by atoms with van der Waals surface area (Å²) in [5.41, 5.74) is 7.62. The Hall–Kier alpha value is -2.35. The van der Waals surface area contributed by atoms with Crippen LogP contribution in [0.25, 0.3) is 22.7 Å². The molecule has 0 spiro atoms. The maximum absolute atomic E-state index is 4.29. The van der Waals surface area contributed by atoms with Crippen molar-refractivity contribution in [2.24, 2.45) is 4.99 Å². The Morgan fingerprint density at radius 3 is 2.76 bits per heavy atom. The van der Waals surface area contributed by atoms with E-state index in [1.54, 1.807) is 6.20 Å². The van der Waals surface area contributed by atoms with Gasteiger partial charge in [-0.3, -0.25) is 4.99 Å². The van der Waals surface area contributed by atoms with E-state index in [0.717, 1.165) is 26.9 Å². The lowest BCUT2D eigenvalue weighted by Gasteiger charge is -2.08. The van der Waals surface area contributed by atoms with Gasteiger partial charge in [-0.1, -0.05) is 40.2 Å². The van der Waals surface area contributed by atoms with E-state index in [4.69, 9.17) is 0 Å². The van der Waals surface area contributed by atoms with Crippen molar-refractivity contribution < 1.29 is 0 Å². The summed E-state index contributed by atoms with van der Waals surface area (Å²) in [7, 11) is 0. The molecule has 1 aliphatic heterocycles. The fourth-order valence-electron chi connectivity index (χ4n) is 2.71. The van der Waals surface area contributed by atoms with E-state index < -0.39 is 0 Å². The lowest BCUT2D eigenvalue weighted by molar-refractivity contribution is 1.11. The molecule has 1 aliphatic rings. The molecule has 0 radical (unpaired) electrons. The monoisotopic (exact) mass is 334 g/mol. The van der Waals surface area contributed by atoms with Gasteiger partial charge in [0.1, 0.15) is 0 Å². The van der Waals surface area contributed by atoms with Crippen molar-refractivity contribution >= 4 is 39.1 Å². The van der Waals surface area contributed by atoms with Gasteiger partial charge in [0.05, 0.1) is 23.6 Å². The first-order valence-corrected chi connectivity index (χ1v) is 7.47. The van der Waals surface area contributed by atoms with Gasteiger partial charge in [0, 0.05) is 21.1 Å². The van der Waals surface area contributed by atoms with E-state index in [1.165, 1.54) is 5.39 Å². The second-order valence-corrected chi connectivity index (χ2v) is 5.77. The molecule has 0 amide bonds. The Kier molecular flexibility index (Phi) is 2.88. The molecule has 3 heteroatoms. The average molecular weight is 335 g/mol. The fourth-order valence-corrected chi connectivity index (χ4v) is 3.06. The third-order valence-corrected chi connectivity index (χ3v) is 4.09. The molecule has 3 aromatic rings. The largest absolute Gasteiger partial charge is 0.308 e. The normalized spacial score (nSPS) is 12.6. The third-order valence-electron chi connectivity index (χ3n) is 3.60. The molecular weight excluding hydrogens is 324 g/mol. The van der Waals surface area contributed by atoms with Crippen LogP contribution in [0.2, 0.25) is 0 Å². The Balaban J connectivity index is 2.18. The molecule has 0 saturated heterocycles. The molecule has 0 aliphatic carbocycles. The minimum absolute atomic E-state index is 1.07. The van der Waals surface area contributed by atoms with Crippen molar-refractivity contribution in [3.05, 3.63) is 76.2 Å². The standard InChI is InChI=1S/C18H11BrN2/c19-13-8-9-16-15-7-4-10-20-12-18(15)21(17(16)11-13)14-5-2-1-3-6-14/h1-3,5-12H. The predicted molar refractivity (Wildman–Crippen MR) is 91.1 cm³/mol. The molecule has 0 N–H and O–H groups in total. The Morgan fingerprint density at radius 1 is 1.05 bits per heavy atom. The van der Waals surface area contributed by atoms with E-state index >= 15 is 0 Å². The zero-order valence-electron chi connectivity index (χ0n) is 11.1. The third kappa shape index (κ3) is 1.99. The highest BCUT2D eigenvalue weighted by Crippen LogP contribution is 2.32. The SMILES string of the molecule is Brc1ccc2c3c(n(-c4ccccc4)c2c1)C=NC=C=C3. The van der Waals surface area contributed by atoms with Gasteiger partial charge in [-0.15, -0.1) is 5.73 Å². The molecule has 1 aromatic heterocycles. The molecular formula is C18H11BrN2. The molecule has 0 bridgehead atoms. The van der Waals surface area contributed by atoms with Crippen LogP contribution in [0, 0.1) is 0 Å². The van der Waals surface area contributed by atoms with Crippen LogP contribution in [0.3, 0.4) is 0 Å². The van der Waals surface area contributed by atoms with E-state index in [0.29, 0.717) is 0 Å². The zero-order valence-corrected chi connectivity index (χ0v) is 12.7. The van der Waals surface area contributed by atoms with Crippen LogP contribution >= 0.6 is 15.9 Å². The minimum Gasteiger partial charge on any atom is -0.308 e. The maximum atomic E-state index is 4.29. The van der Waals surface area contributed by atoms with Gasteiger partial charge < -0.3 is 4.57 Å². The molecule has 100 valence electrons. The number of benzene rings is 2. The van der Waals surface area contributed by atoms with Gasteiger partial charge in [0.25, 0.3) is 0 Å². The van der Waals surface area contributed by atoms with Crippen molar-refractivity contribution in [3.63, 3.8) is 0 Å². The maximum Gasteiger partial charge on any atom is 0.0730 e.